The number of aryl methyl sites for hydroxylation is 1. The van der Waals surface area contributed by atoms with E-state index in [1.165, 1.54) is 0 Å². The Balaban J connectivity index is 1.87. The molecule has 0 radical (unpaired) electrons. The molecule has 1 heterocycles. The third kappa shape index (κ3) is 4.03. The van der Waals surface area contributed by atoms with Crippen LogP contribution in [0, 0.1) is 6.92 Å². The van der Waals surface area contributed by atoms with Gasteiger partial charge in [-0.15, -0.1) is 0 Å². The highest BCUT2D eigenvalue weighted by Crippen LogP contribution is 2.10. The Morgan fingerprint density at radius 2 is 2.21 bits per heavy atom. The molecule has 0 unspecified atom stereocenters. The summed E-state index contributed by atoms with van der Waals surface area (Å²) in [5.74, 6) is 0.398. The zero-order valence-electron chi connectivity index (χ0n) is 10.6. The summed E-state index contributed by atoms with van der Waals surface area (Å²) in [6, 6.07) is 9.19. The first-order chi connectivity index (χ1) is 9.15. The van der Waals surface area contributed by atoms with Crippen LogP contribution in [0.1, 0.15) is 21.9 Å². The topological polar surface area (TPSA) is 54.9 Å². The van der Waals surface area contributed by atoms with Crippen LogP contribution in [0.5, 0.6) is 0 Å². The standard InChI is InChI=1S/C14H14ClN3O/c1-10-16-8-6-13(18-10)14(19)17-7-5-11-3-2-4-12(15)9-11/h2-4,6,8-9H,5,7H2,1H3,(H,17,19). The van der Waals surface area contributed by atoms with Gasteiger partial charge < -0.3 is 5.32 Å². The van der Waals surface area contributed by atoms with Crippen molar-refractivity contribution in [2.24, 2.45) is 0 Å². The smallest absolute Gasteiger partial charge is 0.270 e. The molecule has 5 heteroatoms. The Hall–Kier alpha value is -1.94. The number of nitrogens with zero attached hydrogens (tertiary/aromatic N) is 2. The summed E-state index contributed by atoms with van der Waals surface area (Å²) in [7, 11) is 0. The SMILES string of the molecule is Cc1nccc(C(=O)NCCc2cccc(Cl)c2)n1. The molecule has 1 amide bonds. The Labute approximate surface area is 116 Å². The lowest BCUT2D eigenvalue weighted by Gasteiger charge is -2.05. The number of nitrogens with one attached hydrogen (secondary N) is 1. The van der Waals surface area contributed by atoms with Crippen molar-refractivity contribution >= 4 is 17.5 Å². The maximum atomic E-state index is 11.8. The van der Waals surface area contributed by atoms with Crippen molar-refractivity contribution in [3.63, 3.8) is 0 Å². The van der Waals surface area contributed by atoms with Gasteiger partial charge in [0.15, 0.2) is 0 Å². The lowest BCUT2D eigenvalue weighted by atomic mass is 10.1. The highest BCUT2D eigenvalue weighted by molar-refractivity contribution is 6.30. The number of rotatable bonds is 4. The average molecular weight is 276 g/mol. The van der Waals surface area contributed by atoms with Gasteiger partial charge in [-0.3, -0.25) is 4.79 Å². The highest BCUT2D eigenvalue weighted by atomic mass is 35.5. The zero-order chi connectivity index (χ0) is 13.7. The Morgan fingerprint density at radius 3 is 2.95 bits per heavy atom. The van der Waals surface area contributed by atoms with Gasteiger partial charge in [-0.05, 0) is 37.1 Å². The minimum absolute atomic E-state index is 0.187. The van der Waals surface area contributed by atoms with E-state index in [1.54, 1.807) is 19.2 Å². The molecule has 0 aliphatic rings. The molecule has 2 rings (SSSR count). The molecular weight excluding hydrogens is 262 g/mol. The van der Waals surface area contributed by atoms with Crippen LogP contribution >= 0.6 is 11.6 Å². The maximum Gasteiger partial charge on any atom is 0.270 e. The van der Waals surface area contributed by atoms with Crippen molar-refractivity contribution in [1.29, 1.82) is 0 Å². The van der Waals surface area contributed by atoms with E-state index in [-0.39, 0.29) is 5.91 Å². The van der Waals surface area contributed by atoms with Crippen molar-refractivity contribution in [3.05, 3.63) is 58.6 Å². The second kappa shape index (κ2) is 6.29. The summed E-state index contributed by atoms with van der Waals surface area (Å²) in [6.07, 6.45) is 2.31. The first-order valence-corrected chi connectivity index (χ1v) is 6.35. The number of hydrogen-bond acceptors (Lipinski definition) is 3. The zero-order valence-corrected chi connectivity index (χ0v) is 11.3. The minimum atomic E-state index is -0.187. The van der Waals surface area contributed by atoms with Crippen LogP contribution in [0.2, 0.25) is 5.02 Å². The van der Waals surface area contributed by atoms with Gasteiger partial charge in [0.1, 0.15) is 11.5 Å². The van der Waals surface area contributed by atoms with E-state index in [0.717, 1.165) is 12.0 Å². The van der Waals surface area contributed by atoms with Crippen LogP contribution < -0.4 is 5.32 Å². The van der Waals surface area contributed by atoms with Gasteiger partial charge in [-0.1, -0.05) is 23.7 Å². The number of aromatic nitrogens is 2. The van der Waals surface area contributed by atoms with Crippen molar-refractivity contribution in [2.75, 3.05) is 6.54 Å². The number of hydrogen-bond donors (Lipinski definition) is 1. The molecule has 98 valence electrons. The van der Waals surface area contributed by atoms with Gasteiger partial charge in [0, 0.05) is 17.8 Å². The monoisotopic (exact) mass is 275 g/mol. The molecule has 19 heavy (non-hydrogen) atoms. The van der Waals surface area contributed by atoms with Gasteiger partial charge in [-0.25, -0.2) is 9.97 Å². The first-order valence-electron chi connectivity index (χ1n) is 5.97. The summed E-state index contributed by atoms with van der Waals surface area (Å²) in [4.78, 5) is 19.8. The fourth-order valence-corrected chi connectivity index (χ4v) is 1.90. The van der Waals surface area contributed by atoms with Crippen LogP contribution in [0.4, 0.5) is 0 Å². The molecule has 1 N–H and O–H groups in total. The highest BCUT2D eigenvalue weighted by Gasteiger charge is 2.06. The first kappa shape index (κ1) is 13.5. The molecule has 0 bridgehead atoms. The van der Waals surface area contributed by atoms with Gasteiger partial charge in [0.25, 0.3) is 5.91 Å². The molecule has 0 saturated carbocycles. The van der Waals surface area contributed by atoms with E-state index in [9.17, 15) is 4.79 Å². The number of carbonyl (C=O) groups excluding carboxylic acids is 1. The second-order valence-corrected chi connectivity index (χ2v) is 4.56. The third-order valence-corrected chi connectivity index (χ3v) is 2.83. The van der Waals surface area contributed by atoms with Gasteiger partial charge in [0.05, 0.1) is 0 Å². The quantitative estimate of drug-likeness (QED) is 0.932. The second-order valence-electron chi connectivity index (χ2n) is 4.12. The van der Waals surface area contributed by atoms with Crippen LogP contribution in [0.3, 0.4) is 0 Å². The Morgan fingerprint density at radius 1 is 1.37 bits per heavy atom. The molecule has 1 aromatic heterocycles. The largest absolute Gasteiger partial charge is 0.350 e. The van der Waals surface area contributed by atoms with Crippen molar-refractivity contribution in [1.82, 2.24) is 15.3 Å². The third-order valence-electron chi connectivity index (χ3n) is 2.60. The maximum absolute atomic E-state index is 11.8. The molecule has 0 saturated heterocycles. The summed E-state index contributed by atoms with van der Waals surface area (Å²) in [5, 5.41) is 3.53. The van der Waals surface area contributed by atoms with E-state index in [4.69, 9.17) is 11.6 Å². The number of amides is 1. The molecule has 4 nitrogen and oxygen atoms in total. The van der Waals surface area contributed by atoms with Gasteiger partial charge in [-0.2, -0.15) is 0 Å². The molecule has 0 atom stereocenters. The molecule has 0 fully saturated rings. The predicted octanol–water partition coefficient (Wildman–Crippen LogP) is 2.41. The number of halogens is 1. The van der Waals surface area contributed by atoms with Crippen LogP contribution in [-0.4, -0.2) is 22.4 Å². The fraction of sp³-hybridized carbons (Fsp3) is 0.214. The number of benzene rings is 1. The normalized spacial score (nSPS) is 10.2. The molecule has 0 aliphatic heterocycles. The predicted molar refractivity (Wildman–Crippen MR) is 74.3 cm³/mol. The van der Waals surface area contributed by atoms with Crippen LogP contribution in [0.15, 0.2) is 36.5 Å². The van der Waals surface area contributed by atoms with E-state index in [1.807, 2.05) is 24.3 Å². The minimum Gasteiger partial charge on any atom is -0.350 e. The van der Waals surface area contributed by atoms with Crippen molar-refractivity contribution in [2.45, 2.75) is 13.3 Å². The molecule has 0 spiro atoms. The Bertz CT molecular complexity index is 586. The fourth-order valence-electron chi connectivity index (χ4n) is 1.69. The molecule has 0 aliphatic carbocycles. The number of carbonyl (C=O) groups is 1. The van der Waals surface area contributed by atoms with Gasteiger partial charge >= 0.3 is 0 Å². The van der Waals surface area contributed by atoms with E-state index < -0.39 is 0 Å². The molecule has 1 aromatic carbocycles. The summed E-state index contributed by atoms with van der Waals surface area (Å²) in [6.45, 7) is 2.30. The van der Waals surface area contributed by atoms with Crippen LogP contribution in [0.25, 0.3) is 0 Å². The van der Waals surface area contributed by atoms with Crippen LogP contribution in [-0.2, 0) is 6.42 Å². The molecular formula is C14H14ClN3O. The summed E-state index contributed by atoms with van der Waals surface area (Å²) >= 11 is 5.90. The molecule has 2 aromatic rings. The van der Waals surface area contributed by atoms with Gasteiger partial charge in [0.2, 0.25) is 0 Å². The summed E-state index contributed by atoms with van der Waals surface area (Å²) in [5.41, 5.74) is 1.48. The Kier molecular flexibility index (Phi) is 4.47. The van der Waals surface area contributed by atoms with E-state index in [0.29, 0.717) is 23.1 Å². The average Bonchev–Trinajstić information content (AvgIpc) is 2.38. The lowest BCUT2D eigenvalue weighted by Crippen LogP contribution is -2.26. The van der Waals surface area contributed by atoms with Crippen molar-refractivity contribution in [3.8, 4) is 0 Å². The van der Waals surface area contributed by atoms with E-state index >= 15 is 0 Å². The van der Waals surface area contributed by atoms with Crippen molar-refractivity contribution < 1.29 is 4.79 Å². The van der Waals surface area contributed by atoms with E-state index in [2.05, 4.69) is 15.3 Å². The summed E-state index contributed by atoms with van der Waals surface area (Å²) < 4.78 is 0. The lowest BCUT2D eigenvalue weighted by molar-refractivity contribution is 0.0948.